The van der Waals surface area contributed by atoms with Crippen LogP contribution >= 0.6 is 0 Å². The van der Waals surface area contributed by atoms with Gasteiger partial charge in [-0.15, -0.1) is 0 Å². The average Bonchev–Trinajstić information content (AvgIpc) is 2.37. The third-order valence-electron chi connectivity index (χ3n) is 3.58. The predicted molar refractivity (Wildman–Crippen MR) is 68.3 cm³/mol. The van der Waals surface area contributed by atoms with Crippen LogP contribution in [0, 0.1) is 17.2 Å². The Morgan fingerprint density at radius 3 is 2.78 bits per heavy atom. The molecule has 4 heteroatoms. The van der Waals surface area contributed by atoms with Crippen molar-refractivity contribution in [3.8, 4) is 6.07 Å². The number of ether oxygens (including phenoxy) is 1. The molecule has 1 N–H and O–H groups in total. The van der Waals surface area contributed by atoms with Crippen LogP contribution in [-0.2, 0) is 24.2 Å². The summed E-state index contributed by atoms with van der Waals surface area (Å²) in [4.78, 5) is 14.7. The Hall–Kier alpha value is -1.60. The highest BCUT2D eigenvalue weighted by Crippen LogP contribution is 2.27. The van der Waals surface area contributed by atoms with Gasteiger partial charge in [0.25, 0.3) is 5.56 Å². The minimum Gasteiger partial charge on any atom is -0.373 e. The van der Waals surface area contributed by atoms with Crippen molar-refractivity contribution in [3.63, 3.8) is 0 Å². The van der Waals surface area contributed by atoms with E-state index in [1.54, 1.807) is 0 Å². The van der Waals surface area contributed by atoms with Gasteiger partial charge in [-0.25, -0.2) is 0 Å². The number of fused-ring (bicyclic) bond motifs is 1. The maximum absolute atomic E-state index is 11.9. The van der Waals surface area contributed by atoms with Crippen LogP contribution in [0.2, 0.25) is 0 Å². The SMILES string of the molecule is CCc1[nH]c(=O)c(C#N)c2c1CO[C@@H](C(C)C)C2. The maximum Gasteiger partial charge on any atom is 0.266 e. The molecule has 0 fully saturated rings. The van der Waals surface area contributed by atoms with E-state index < -0.39 is 0 Å². The summed E-state index contributed by atoms with van der Waals surface area (Å²) < 4.78 is 5.82. The van der Waals surface area contributed by atoms with Crippen LogP contribution in [0.3, 0.4) is 0 Å². The molecular weight excluding hydrogens is 228 g/mol. The van der Waals surface area contributed by atoms with E-state index in [2.05, 4.69) is 18.8 Å². The van der Waals surface area contributed by atoms with Gasteiger partial charge in [0.1, 0.15) is 11.6 Å². The fraction of sp³-hybridized carbons (Fsp3) is 0.571. The van der Waals surface area contributed by atoms with Crippen LogP contribution in [0.25, 0.3) is 0 Å². The number of nitrogens with zero attached hydrogens (tertiary/aromatic N) is 1. The maximum atomic E-state index is 11.9. The van der Waals surface area contributed by atoms with E-state index in [4.69, 9.17) is 10.00 Å². The largest absolute Gasteiger partial charge is 0.373 e. The lowest BCUT2D eigenvalue weighted by molar-refractivity contribution is -0.00106. The molecule has 0 unspecified atom stereocenters. The molecule has 0 bridgehead atoms. The topological polar surface area (TPSA) is 65.9 Å². The van der Waals surface area contributed by atoms with Gasteiger partial charge in [-0.05, 0) is 17.9 Å². The van der Waals surface area contributed by atoms with E-state index in [0.717, 1.165) is 23.2 Å². The second-order valence-corrected chi connectivity index (χ2v) is 5.03. The molecule has 1 aliphatic heterocycles. The van der Waals surface area contributed by atoms with Gasteiger partial charge in [0.05, 0.1) is 12.7 Å². The van der Waals surface area contributed by atoms with Crippen molar-refractivity contribution in [1.29, 1.82) is 5.26 Å². The van der Waals surface area contributed by atoms with Gasteiger partial charge >= 0.3 is 0 Å². The Labute approximate surface area is 107 Å². The number of aromatic nitrogens is 1. The molecule has 1 atom stereocenters. The van der Waals surface area contributed by atoms with E-state index in [1.807, 2.05) is 13.0 Å². The number of nitriles is 1. The Kier molecular flexibility index (Phi) is 3.53. The van der Waals surface area contributed by atoms with Gasteiger partial charge in [0.2, 0.25) is 0 Å². The van der Waals surface area contributed by atoms with E-state index in [-0.39, 0.29) is 17.2 Å². The van der Waals surface area contributed by atoms with Crippen LogP contribution in [0.15, 0.2) is 4.79 Å². The van der Waals surface area contributed by atoms with Crippen molar-refractivity contribution >= 4 is 0 Å². The first-order valence-electron chi connectivity index (χ1n) is 6.37. The van der Waals surface area contributed by atoms with Crippen LogP contribution in [0.1, 0.15) is 43.2 Å². The molecule has 0 radical (unpaired) electrons. The molecule has 0 spiro atoms. The molecule has 0 aliphatic carbocycles. The van der Waals surface area contributed by atoms with Crippen molar-refractivity contribution in [2.75, 3.05) is 0 Å². The smallest absolute Gasteiger partial charge is 0.266 e. The van der Waals surface area contributed by atoms with E-state index in [1.165, 1.54) is 0 Å². The lowest BCUT2D eigenvalue weighted by Crippen LogP contribution is -2.31. The number of hydrogen-bond acceptors (Lipinski definition) is 3. The number of nitrogens with one attached hydrogen (secondary N) is 1. The molecular formula is C14H18N2O2. The molecule has 18 heavy (non-hydrogen) atoms. The van der Waals surface area contributed by atoms with E-state index in [9.17, 15) is 4.79 Å². The normalized spacial score (nSPS) is 18.5. The molecule has 4 nitrogen and oxygen atoms in total. The molecule has 0 amide bonds. The average molecular weight is 246 g/mol. The summed E-state index contributed by atoms with van der Waals surface area (Å²) in [5.41, 5.74) is 2.79. The summed E-state index contributed by atoms with van der Waals surface area (Å²) in [6.45, 7) is 6.67. The second kappa shape index (κ2) is 4.95. The minimum absolute atomic E-state index is 0.0936. The van der Waals surface area contributed by atoms with Crippen LogP contribution in [0.5, 0.6) is 0 Å². The summed E-state index contributed by atoms with van der Waals surface area (Å²) in [7, 11) is 0. The molecule has 1 aliphatic rings. The number of rotatable bonds is 2. The third-order valence-corrected chi connectivity index (χ3v) is 3.58. The number of hydrogen-bond donors (Lipinski definition) is 1. The number of aryl methyl sites for hydroxylation is 1. The van der Waals surface area contributed by atoms with Gasteiger partial charge in [0, 0.05) is 17.7 Å². The van der Waals surface area contributed by atoms with Gasteiger partial charge in [-0.1, -0.05) is 20.8 Å². The summed E-state index contributed by atoms with van der Waals surface area (Å²) in [5, 5.41) is 9.15. The highest BCUT2D eigenvalue weighted by molar-refractivity contribution is 5.44. The Bertz CT molecular complexity index is 552. The molecule has 2 rings (SSSR count). The Balaban J connectivity index is 2.57. The second-order valence-electron chi connectivity index (χ2n) is 5.03. The predicted octanol–water partition coefficient (Wildman–Crippen LogP) is 1.91. The van der Waals surface area contributed by atoms with Crippen LogP contribution in [0.4, 0.5) is 0 Å². The molecule has 96 valence electrons. The Morgan fingerprint density at radius 1 is 1.50 bits per heavy atom. The van der Waals surface area contributed by atoms with Crippen molar-refractivity contribution in [3.05, 3.63) is 32.7 Å². The van der Waals surface area contributed by atoms with E-state index in [0.29, 0.717) is 18.9 Å². The van der Waals surface area contributed by atoms with E-state index >= 15 is 0 Å². The van der Waals surface area contributed by atoms with Crippen LogP contribution < -0.4 is 5.56 Å². The lowest BCUT2D eigenvalue weighted by Gasteiger charge is -2.29. The van der Waals surface area contributed by atoms with Gasteiger partial charge < -0.3 is 9.72 Å². The first-order chi connectivity index (χ1) is 8.58. The minimum atomic E-state index is -0.266. The molecule has 1 aromatic heterocycles. The fourth-order valence-corrected chi connectivity index (χ4v) is 2.44. The van der Waals surface area contributed by atoms with Gasteiger partial charge in [-0.3, -0.25) is 4.79 Å². The van der Waals surface area contributed by atoms with Gasteiger partial charge in [0.15, 0.2) is 0 Å². The summed E-state index contributed by atoms with van der Waals surface area (Å²) in [6.07, 6.45) is 1.50. The van der Waals surface area contributed by atoms with Crippen molar-refractivity contribution < 1.29 is 4.74 Å². The first kappa shape index (κ1) is 12.8. The quantitative estimate of drug-likeness (QED) is 0.866. The number of pyridine rings is 1. The third kappa shape index (κ3) is 2.06. The van der Waals surface area contributed by atoms with Crippen molar-refractivity contribution in [1.82, 2.24) is 4.98 Å². The zero-order chi connectivity index (χ0) is 13.3. The number of H-pyrrole nitrogens is 1. The Morgan fingerprint density at radius 2 is 2.22 bits per heavy atom. The molecule has 1 aromatic rings. The monoisotopic (exact) mass is 246 g/mol. The molecule has 0 saturated heterocycles. The zero-order valence-corrected chi connectivity index (χ0v) is 11.0. The molecule has 0 aromatic carbocycles. The van der Waals surface area contributed by atoms with Crippen LogP contribution in [-0.4, -0.2) is 11.1 Å². The number of aromatic amines is 1. The van der Waals surface area contributed by atoms with Crippen molar-refractivity contribution in [2.45, 2.75) is 46.3 Å². The zero-order valence-electron chi connectivity index (χ0n) is 11.0. The standard InChI is InChI=1S/C14H18N2O2/c1-4-12-11-7-18-13(8(2)3)5-9(11)10(6-15)14(17)16-12/h8,13H,4-5,7H2,1-3H3,(H,16,17)/t13-/m1/s1. The highest BCUT2D eigenvalue weighted by atomic mass is 16.5. The fourth-order valence-electron chi connectivity index (χ4n) is 2.44. The highest BCUT2D eigenvalue weighted by Gasteiger charge is 2.27. The summed E-state index contributed by atoms with van der Waals surface area (Å²) in [6, 6.07) is 2.03. The molecule has 2 heterocycles. The summed E-state index contributed by atoms with van der Waals surface area (Å²) >= 11 is 0. The first-order valence-corrected chi connectivity index (χ1v) is 6.37. The van der Waals surface area contributed by atoms with Gasteiger partial charge in [-0.2, -0.15) is 5.26 Å². The molecule has 0 saturated carbocycles. The summed E-state index contributed by atoms with van der Waals surface area (Å²) in [5.74, 6) is 0.383. The van der Waals surface area contributed by atoms with Crippen molar-refractivity contribution in [2.24, 2.45) is 5.92 Å². The lowest BCUT2D eigenvalue weighted by atomic mass is 9.90.